The molecule has 0 radical (unpaired) electrons. The molecule has 2 aliphatic rings. The van der Waals surface area contributed by atoms with Crippen LogP contribution in [0.3, 0.4) is 0 Å². The lowest BCUT2D eigenvalue weighted by Crippen LogP contribution is -2.52. The zero-order chi connectivity index (χ0) is 14.0. The molecular formula is C15H25NO3. The first-order chi connectivity index (χ1) is 9.02. The van der Waals surface area contributed by atoms with Crippen molar-refractivity contribution in [2.24, 2.45) is 11.8 Å². The van der Waals surface area contributed by atoms with Gasteiger partial charge >= 0.3 is 5.97 Å². The number of carbonyl (C=O) groups excluding carboxylic acids is 1. The SMILES string of the molecule is C[C@@H]1CCC[C@H](C)N1C(=O)C1CCCCC1C(=O)O. The molecule has 2 fully saturated rings. The van der Waals surface area contributed by atoms with Crippen molar-refractivity contribution in [3.63, 3.8) is 0 Å². The number of carboxylic acid groups (broad SMARTS) is 1. The molecule has 19 heavy (non-hydrogen) atoms. The van der Waals surface area contributed by atoms with E-state index < -0.39 is 11.9 Å². The number of hydrogen-bond acceptors (Lipinski definition) is 2. The summed E-state index contributed by atoms with van der Waals surface area (Å²) in [6.07, 6.45) is 6.57. The van der Waals surface area contributed by atoms with Crippen LogP contribution in [0, 0.1) is 11.8 Å². The van der Waals surface area contributed by atoms with E-state index in [1.165, 1.54) is 6.42 Å². The lowest BCUT2D eigenvalue weighted by Gasteiger charge is -2.42. The Hall–Kier alpha value is -1.06. The molecule has 0 aromatic heterocycles. The molecule has 1 saturated heterocycles. The number of hydrogen-bond donors (Lipinski definition) is 1. The van der Waals surface area contributed by atoms with Gasteiger partial charge in [0.1, 0.15) is 0 Å². The van der Waals surface area contributed by atoms with E-state index in [1.807, 2.05) is 4.90 Å². The molecule has 1 amide bonds. The van der Waals surface area contributed by atoms with Crippen LogP contribution in [0.2, 0.25) is 0 Å². The third-order valence-electron chi connectivity index (χ3n) is 4.85. The highest BCUT2D eigenvalue weighted by Gasteiger charge is 2.40. The zero-order valence-electron chi connectivity index (χ0n) is 12.0. The van der Waals surface area contributed by atoms with Crippen LogP contribution in [0.25, 0.3) is 0 Å². The van der Waals surface area contributed by atoms with Gasteiger partial charge in [-0.25, -0.2) is 0 Å². The number of likely N-dealkylation sites (tertiary alicyclic amines) is 1. The van der Waals surface area contributed by atoms with Crippen LogP contribution in [0.5, 0.6) is 0 Å². The van der Waals surface area contributed by atoms with Gasteiger partial charge in [0.15, 0.2) is 0 Å². The van der Waals surface area contributed by atoms with E-state index in [4.69, 9.17) is 0 Å². The lowest BCUT2D eigenvalue weighted by atomic mass is 9.77. The number of carboxylic acids is 1. The van der Waals surface area contributed by atoms with E-state index in [1.54, 1.807) is 0 Å². The maximum atomic E-state index is 12.8. The first-order valence-corrected chi connectivity index (χ1v) is 7.57. The Bertz CT molecular complexity index is 345. The number of amides is 1. The molecule has 4 heteroatoms. The van der Waals surface area contributed by atoms with E-state index in [2.05, 4.69) is 13.8 Å². The Balaban J connectivity index is 2.14. The second-order valence-electron chi connectivity index (χ2n) is 6.21. The largest absolute Gasteiger partial charge is 0.481 e. The molecule has 1 heterocycles. The first kappa shape index (κ1) is 14.4. The van der Waals surface area contributed by atoms with Crippen molar-refractivity contribution >= 4 is 11.9 Å². The van der Waals surface area contributed by atoms with E-state index in [-0.39, 0.29) is 23.9 Å². The summed E-state index contributed by atoms with van der Waals surface area (Å²) in [5.41, 5.74) is 0. The summed E-state index contributed by atoms with van der Waals surface area (Å²) in [6.45, 7) is 4.18. The van der Waals surface area contributed by atoms with Crippen molar-refractivity contribution in [3.8, 4) is 0 Å². The number of aliphatic carboxylic acids is 1. The molecular weight excluding hydrogens is 242 g/mol. The number of nitrogens with zero attached hydrogens (tertiary/aromatic N) is 1. The fourth-order valence-corrected chi connectivity index (χ4v) is 3.77. The second-order valence-corrected chi connectivity index (χ2v) is 6.21. The minimum atomic E-state index is -0.796. The average molecular weight is 267 g/mol. The van der Waals surface area contributed by atoms with Gasteiger partial charge in [0.25, 0.3) is 0 Å². The van der Waals surface area contributed by atoms with Crippen LogP contribution in [-0.4, -0.2) is 34.0 Å². The Morgan fingerprint density at radius 1 is 0.895 bits per heavy atom. The summed E-state index contributed by atoms with van der Waals surface area (Å²) in [5, 5.41) is 9.32. The molecule has 0 aromatic rings. The molecule has 4 nitrogen and oxygen atoms in total. The van der Waals surface area contributed by atoms with Gasteiger partial charge in [0.05, 0.1) is 11.8 Å². The Labute approximate surface area is 115 Å². The van der Waals surface area contributed by atoms with E-state index in [0.717, 1.165) is 32.1 Å². The summed E-state index contributed by atoms with van der Waals surface area (Å²) >= 11 is 0. The number of rotatable bonds is 2. The highest BCUT2D eigenvalue weighted by Crippen LogP contribution is 2.34. The van der Waals surface area contributed by atoms with Gasteiger partial charge in [-0.15, -0.1) is 0 Å². The fourth-order valence-electron chi connectivity index (χ4n) is 3.77. The van der Waals surface area contributed by atoms with Crippen molar-refractivity contribution in [2.45, 2.75) is 70.9 Å². The minimum Gasteiger partial charge on any atom is -0.481 e. The fraction of sp³-hybridized carbons (Fsp3) is 0.867. The first-order valence-electron chi connectivity index (χ1n) is 7.57. The van der Waals surface area contributed by atoms with Gasteiger partial charge in [0.2, 0.25) is 5.91 Å². The zero-order valence-corrected chi connectivity index (χ0v) is 12.0. The van der Waals surface area contributed by atoms with Crippen LogP contribution < -0.4 is 0 Å². The third-order valence-corrected chi connectivity index (χ3v) is 4.85. The molecule has 1 aliphatic heterocycles. The van der Waals surface area contributed by atoms with Crippen LogP contribution in [0.4, 0.5) is 0 Å². The molecule has 2 unspecified atom stereocenters. The van der Waals surface area contributed by atoms with Gasteiger partial charge in [-0.05, 0) is 46.0 Å². The van der Waals surface area contributed by atoms with E-state index in [9.17, 15) is 14.7 Å². The predicted octanol–water partition coefficient (Wildman–Crippen LogP) is 2.67. The highest BCUT2D eigenvalue weighted by atomic mass is 16.4. The Morgan fingerprint density at radius 2 is 1.42 bits per heavy atom. The summed E-state index contributed by atoms with van der Waals surface area (Å²) in [6, 6.07) is 0.514. The predicted molar refractivity (Wildman–Crippen MR) is 72.7 cm³/mol. The lowest BCUT2D eigenvalue weighted by molar-refractivity contribution is -0.155. The molecule has 1 N–H and O–H groups in total. The number of carbonyl (C=O) groups is 2. The quantitative estimate of drug-likeness (QED) is 0.836. The van der Waals surface area contributed by atoms with Gasteiger partial charge in [-0.3, -0.25) is 9.59 Å². The van der Waals surface area contributed by atoms with Gasteiger partial charge in [-0.1, -0.05) is 12.8 Å². The molecule has 1 aliphatic carbocycles. The van der Waals surface area contributed by atoms with Crippen LogP contribution in [-0.2, 0) is 9.59 Å². The van der Waals surface area contributed by atoms with Crippen LogP contribution in [0.15, 0.2) is 0 Å². The molecule has 108 valence electrons. The van der Waals surface area contributed by atoms with Crippen LogP contribution in [0.1, 0.15) is 58.8 Å². The van der Waals surface area contributed by atoms with Crippen molar-refractivity contribution in [3.05, 3.63) is 0 Å². The second kappa shape index (κ2) is 5.93. The molecule has 0 bridgehead atoms. The van der Waals surface area contributed by atoms with Crippen LogP contribution >= 0.6 is 0 Å². The normalized spacial score (nSPS) is 36.0. The molecule has 2 rings (SSSR count). The Morgan fingerprint density at radius 3 is 1.95 bits per heavy atom. The highest BCUT2D eigenvalue weighted by molar-refractivity contribution is 5.85. The molecule has 1 saturated carbocycles. The van der Waals surface area contributed by atoms with Crippen molar-refractivity contribution < 1.29 is 14.7 Å². The Kier molecular flexibility index (Phi) is 4.48. The minimum absolute atomic E-state index is 0.0896. The van der Waals surface area contributed by atoms with Crippen molar-refractivity contribution in [1.29, 1.82) is 0 Å². The summed E-state index contributed by atoms with van der Waals surface area (Å²) < 4.78 is 0. The van der Waals surface area contributed by atoms with Crippen molar-refractivity contribution in [1.82, 2.24) is 4.90 Å². The maximum Gasteiger partial charge on any atom is 0.307 e. The molecule has 4 atom stereocenters. The monoisotopic (exact) mass is 267 g/mol. The summed E-state index contributed by atoms with van der Waals surface area (Å²) in [4.78, 5) is 26.1. The third kappa shape index (κ3) is 2.93. The summed E-state index contributed by atoms with van der Waals surface area (Å²) in [5.74, 6) is -1.47. The maximum absolute atomic E-state index is 12.8. The standard InChI is InChI=1S/C15H25NO3/c1-10-6-5-7-11(2)16(10)14(17)12-8-3-4-9-13(12)15(18)19/h10-13H,3-9H2,1-2H3,(H,18,19)/t10-,11+,12?,13?. The number of piperidine rings is 1. The summed E-state index contributed by atoms with van der Waals surface area (Å²) in [7, 11) is 0. The van der Waals surface area contributed by atoms with Gasteiger partial charge in [0, 0.05) is 12.1 Å². The molecule has 0 spiro atoms. The van der Waals surface area contributed by atoms with Gasteiger partial charge < -0.3 is 10.0 Å². The topological polar surface area (TPSA) is 57.6 Å². The molecule has 0 aromatic carbocycles. The average Bonchev–Trinajstić information content (AvgIpc) is 2.38. The van der Waals surface area contributed by atoms with E-state index >= 15 is 0 Å². The van der Waals surface area contributed by atoms with Crippen molar-refractivity contribution in [2.75, 3.05) is 0 Å². The van der Waals surface area contributed by atoms with Gasteiger partial charge in [-0.2, -0.15) is 0 Å². The van der Waals surface area contributed by atoms with E-state index in [0.29, 0.717) is 6.42 Å². The smallest absolute Gasteiger partial charge is 0.307 e.